The molecule has 2 N–H and O–H groups in total. The fourth-order valence-corrected chi connectivity index (χ4v) is 3.19. The average molecular weight is 260 g/mol. The summed E-state index contributed by atoms with van der Waals surface area (Å²) in [5, 5.41) is 12.7. The second kappa shape index (κ2) is 5.19. The first-order chi connectivity index (χ1) is 9.24. The van der Waals surface area contributed by atoms with Crippen molar-refractivity contribution in [3.05, 3.63) is 22.9 Å². The molecule has 0 aliphatic heterocycles. The highest BCUT2D eigenvalue weighted by Gasteiger charge is 2.22. The summed E-state index contributed by atoms with van der Waals surface area (Å²) < 4.78 is 0. The molecule has 1 heterocycles. The molecule has 2 aliphatic rings. The van der Waals surface area contributed by atoms with Crippen molar-refractivity contribution in [3.8, 4) is 0 Å². The maximum Gasteiger partial charge on any atom is 0.339 e. The van der Waals surface area contributed by atoms with Gasteiger partial charge in [0, 0.05) is 11.7 Å². The molecule has 1 fully saturated rings. The second-order valence-electron chi connectivity index (χ2n) is 5.63. The van der Waals surface area contributed by atoms with Gasteiger partial charge in [-0.3, -0.25) is 0 Å². The summed E-state index contributed by atoms with van der Waals surface area (Å²) >= 11 is 0. The molecule has 1 aromatic heterocycles. The molecule has 4 nitrogen and oxygen atoms in total. The van der Waals surface area contributed by atoms with Gasteiger partial charge in [-0.1, -0.05) is 19.3 Å². The summed E-state index contributed by atoms with van der Waals surface area (Å²) in [6, 6.07) is 2.21. The SMILES string of the molecule is O=C(O)c1cc2c(nc1NC1CCCCC1)CCC2. The van der Waals surface area contributed by atoms with E-state index in [4.69, 9.17) is 0 Å². The third-order valence-electron chi connectivity index (χ3n) is 4.23. The van der Waals surface area contributed by atoms with Gasteiger partial charge in [0.1, 0.15) is 11.4 Å². The van der Waals surface area contributed by atoms with Crippen molar-refractivity contribution in [2.75, 3.05) is 5.32 Å². The predicted molar refractivity (Wildman–Crippen MR) is 73.7 cm³/mol. The van der Waals surface area contributed by atoms with Crippen molar-refractivity contribution in [2.45, 2.75) is 57.4 Å². The van der Waals surface area contributed by atoms with E-state index in [1.165, 1.54) is 19.3 Å². The molecule has 0 bridgehead atoms. The molecule has 0 atom stereocenters. The molecule has 4 heteroatoms. The van der Waals surface area contributed by atoms with Gasteiger partial charge in [-0.15, -0.1) is 0 Å². The Morgan fingerprint density at radius 1 is 1.21 bits per heavy atom. The van der Waals surface area contributed by atoms with Gasteiger partial charge in [-0.2, -0.15) is 0 Å². The number of nitrogens with zero attached hydrogens (tertiary/aromatic N) is 1. The van der Waals surface area contributed by atoms with Crippen molar-refractivity contribution in [1.82, 2.24) is 4.98 Å². The largest absolute Gasteiger partial charge is 0.478 e. The molecule has 1 aromatic rings. The molecule has 1 saturated carbocycles. The molecule has 0 spiro atoms. The van der Waals surface area contributed by atoms with E-state index >= 15 is 0 Å². The summed E-state index contributed by atoms with van der Waals surface area (Å²) in [4.78, 5) is 16.0. The number of aromatic carboxylic acids is 1. The minimum atomic E-state index is -0.875. The van der Waals surface area contributed by atoms with Gasteiger partial charge in [0.15, 0.2) is 0 Å². The molecule has 0 radical (unpaired) electrons. The van der Waals surface area contributed by atoms with Gasteiger partial charge in [0.2, 0.25) is 0 Å². The van der Waals surface area contributed by atoms with Crippen molar-refractivity contribution in [3.63, 3.8) is 0 Å². The molecular weight excluding hydrogens is 240 g/mol. The summed E-state index contributed by atoms with van der Waals surface area (Å²) in [5.41, 5.74) is 2.54. The zero-order valence-corrected chi connectivity index (χ0v) is 11.1. The van der Waals surface area contributed by atoms with Gasteiger partial charge >= 0.3 is 5.97 Å². The number of carbonyl (C=O) groups is 1. The number of pyridine rings is 1. The van der Waals surface area contributed by atoms with E-state index in [9.17, 15) is 9.90 Å². The number of carboxylic acids is 1. The summed E-state index contributed by atoms with van der Waals surface area (Å²) in [5.74, 6) is -0.291. The van der Waals surface area contributed by atoms with Crippen LogP contribution in [0.5, 0.6) is 0 Å². The number of rotatable bonds is 3. The minimum absolute atomic E-state index is 0.339. The Kier molecular flexibility index (Phi) is 3.40. The predicted octanol–water partition coefficient (Wildman–Crippen LogP) is 3.01. The van der Waals surface area contributed by atoms with E-state index in [0.717, 1.165) is 43.4 Å². The maximum atomic E-state index is 11.4. The monoisotopic (exact) mass is 260 g/mol. The standard InChI is InChI=1S/C15H20N2O2/c18-15(19)12-9-10-5-4-8-13(10)17-14(12)16-11-6-2-1-3-7-11/h9,11H,1-8H2,(H,16,17)(H,18,19). The van der Waals surface area contributed by atoms with Crippen LogP contribution < -0.4 is 5.32 Å². The number of fused-ring (bicyclic) bond motifs is 1. The van der Waals surface area contributed by atoms with Crippen LogP contribution in [0, 0.1) is 0 Å². The lowest BCUT2D eigenvalue weighted by Gasteiger charge is -2.24. The number of hydrogen-bond donors (Lipinski definition) is 2. The zero-order valence-electron chi connectivity index (χ0n) is 11.1. The Morgan fingerprint density at radius 3 is 2.74 bits per heavy atom. The molecule has 0 saturated heterocycles. The smallest absolute Gasteiger partial charge is 0.339 e. The van der Waals surface area contributed by atoms with Gasteiger partial charge in [0.05, 0.1) is 0 Å². The van der Waals surface area contributed by atoms with Gasteiger partial charge in [-0.25, -0.2) is 9.78 Å². The highest BCUT2D eigenvalue weighted by Crippen LogP contribution is 2.28. The minimum Gasteiger partial charge on any atom is -0.478 e. The Bertz CT molecular complexity index is 493. The fraction of sp³-hybridized carbons (Fsp3) is 0.600. The lowest BCUT2D eigenvalue weighted by atomic mass is 9.95. The Hall–Kier alpha value is -1.58. The van der Waals surface area contributed by atoms with Crippen LogP contribution in [0.1, 0.15) is 60.1 Å². The topological polar surface area (TPSA) is 62.2 Å². The van der Waals surface area contributed by atoms with E-state index in [2.05, 4.69) is 10.3 Å². The molecule has 2 aliphatic carbocycles. The average Bonchev–Trinajstić information content (AvgIpc) is 2.86. The van der Waals surface area contributed by atoms with Crippen molar-refractivity contribution in [1.29, 1.82) is 0 Å². The molecule has 0 unspecified atom stereocenters. The highest BCUT2D eigenvalue weighted by atomic mass is 16.4. The van der Waals surface area contributed by atoms with E-state index in [1.54, 1.807) is 0 Å². The third kappa shape index (κ3) is 2.57. The van der Waals surface area contributed by atoms with Gasteiger partial charge in [-0.05, 0) is 43.7 Å². The van der Waals surface area contributed by atoms with E-state index in [1.807, 2.05) is 6.07 Å². The summed E-state index contributed by atoms with van der Waals surface area (Å²) in [6.07, 6.45) is 9.03. The normalized spacial score (nSPS) is 19.2. The van der Waals surface area contributed by atoms with Crippen LogP contribution in [-0.4, -0.2) is 22.1 Å². The molecule has 3 rings (SSSR count). The quantitative estimate of drug-likeness (QED) is 0.877. The molecule has 0 amide bonds. The number of nitrogens with one attached hydrogen (secondary N) is 1. The first kappa shape index (κ1) is 12.5. The number of anilines is 1. The van der Waals surface area contributed by atoms with Crippen LogP contribution in [0.2, 0.25) is 0 Å². The van der Waals surface area contributed by atoms with E-state index < -0.39 is 5.97 Å². The number of aromatic nitrogens is 1. The summed E-state index contributed by atoms with van der Waals surface area (Å²) in [6.45, 7) is 0. The highest BCUT2D eigenvalue weighted by molar-refractivity contribution is 5.93. The molecule has 19 heavy (non-hydrogen) atoms. The Morgan fingerprint density at radius 2 is 2.00 bits per heavy atom. The van der Waals surface area contributed by atoms with Gasteiger partial charge in [0.25, 0.3) is 0 Å². The molecular formula is C15H20N2O2. The number of carboxylic acid groups (broad SMARTS) is 1. The first-order valence-electron chi connectivity index (χ1n) is 7.26. The van der Waals surface area contributed by atoms with Crippen molar-refractivity contribution < 1.29 is 9.90 Å². The van der Waals surface area contributed by atoms with Crippen LogP contribution in [-0.2, 0) is 12.8 Å². The lowest BCUT2D eigenvalue weighted by molar-refractivity contribution is 0.0697. The van der Waals surface area contributed by atoms with E-state index in [-0.39, 0.29) is 0 Å². The maximum absolute atomic E-state index is 11.4. The van der Waals surface area contributed by atoms with Crippen LogP contribution in [0.4, 0.5) is 5.82 Å². The van der Waals surface area contributed by atoms with Crippen LogP contribution >= 0.6 is 0 Å². The second-order valence-corrected chi connectivity index (χ2v) is 5.63. The van der Waals surface area contributed by atoms with Gasteiger partial charge < -0.3 is 10.4 Å². The summed E-state index contributed by atoms with van der Waals surface area (Å²) in [7, 11) is 0. The molecule has 102 valence electrons. The van der Waals surface area contributed by atoms with Crippen LogP contribution in [0.25, 0.3) is 0 Å². The van der Waals surface area contributed by atoms with Crippen molar-refractivity contribution >= 4 is 11.8 Å². The van der Waals surface area contributed by atoms with Crippen LogP contribution in [0.15, 0.2) is 6.07 Å². The number of hydrogen-bond acceptors (Lipinski definition) is 3. The van der Waals surface area contributed by atoms with Crippen molar-refractivity contribution in [2.24, 2.45) is 0 Å². The lowest BCUT2D eigenvalue weighted by Crippen LogP contribution is -2.24. The van der Waals surface area contributed by atoms with Crippen LogP contribution in [0.3, 0.4) is 0 Å². The first-order valence-corrected chi connectivity index (χ1v) is 7.26. The fourth-order valence-electron chi connectivity index (χ4n) is 3.19. The molecule has 0 aromatic carbocycles. The Labute approximate surface area is 113 Å². The third-order valence-corrected chi connectivity index (χ3v) is 4.23. The number of aryl methyl sites for hydroxylation is 2. The zero-order chi connectivity index (χ0) is 13.2. The Balaban J connectivity index is 1.87. The van der Waals surface area contributed by atoms with E-state index in [0.29, 0.717) is 17.4 Å².